The number of imide groups is 1. The van der Waals surface area contributed by atoms with E-state index in [-0.39, 0.29) is 21.0 Å². The molecule has 1 aromatic carbocycles. The van der Waals surface area contributed by atoms with E-state index in [1.54, 1.807) is 29.6 Å². The Hall–Kier alpha value is -1.55. The molecule has 2 heterocycles. The summed E-state index contributed by atoms with van der Waals surface area (Å²) in [4.78, 5) is 53.2. The maximum atomic E-state index is 13.3. The Bertz CT molecular complexity index is 1000. The first-order valence-electron chi connectivity index (χ1n) is 9.58. The number of Topliss-reactive ketones (excluding diaryl/α,β-unsaturated/α-hetero) is 1. The fraction of sp³-hybridized carbons (Fsp3) is 0.333. The number of carbonyl (C=O) groups excluding carboxylic acids is 4. The summed E-state index contributed by atoms with van der Waals surface area (Å²) in [6.07, 6.45) is 0.951. The SMILES string of the molecule is O=C(CN(C(=O)c1ccc(Cl)cc1)N1C(=O)[C@@H]2C[C@H](Br)[C@@H](Br)C[C@H]2C1=O)c1cccs1. The van der Waals surface area contributed by atoms with Crippen LogP contribution in [0, 0.1) is 11.8 Å². The van der Waals surface area contributed by atoms with Crippen LogP contribution < -0.4 is 0 Å². The van der Waals surface area contributed by atoms with E-state index in [2.05, 4.69) is 31.9 Å². The van der Waals surface area contributed by atoms with Crippen LogP contribution in [0.25, 0.3) is 0 Å². The molecule has 31 heavy (non-hydrogen) atoms. The molecule has 1 aromatic heterocycles. The van der Waals surface area contributed by atoms with Gasteiger partial charge in [-0.1, -0.05) is 49.5 Å². The van der Waals surface area contributed by atoms with Crippen LogP contribution in [0.2, 0.25) is 5.02 Å². The highest BCUT2D eigenvalue weighted by atomic mass is 79.9. The number of benzene rings is 1. The number of alkyl halides is 2. The number of halogens is 3. The van der Waals surface area contributed by atoms with Gasteiger partial charge in [-0.05, 0) is 48.6 Å². The summed E-state index contributed by atoms with van der Waals surface area (Å²) in [5, 5.41) is 4.08. The lowest BCUT2D eigenvalue weighted by Crippen LogP contribution is -2.52. The van der Waals surface area contributed by atoms with Gasteiger partial charge in [0.2, 0.25) is 0 Å². The molecule has 1 aliphatic carbocycles. The number of fused-ring (bicyclic) bond motifs is 1. The van der Waals surface area contributed by atoms with Crippen LogP contribution in [0.4, 0.5) is 0 Å². The molecule has 1 saturated heterocycles. The first kappa shape index (κ1) is 22.6. The quantitative estimate of drug-likeness (QED) is 0.292. The molecule has 3 amide bonds. The number of carbonyl (C=O) groups is 4. The lowest BCUT2D eigenvalue weighted by molar-refractivity contribution is -0.154. The molecule has 4 rings (SSSR count). The standard InChI is InChI=1S/C21H17Br2ClN2O4S/c22-15-8-13-14(9-16(15)23)21(30)26(20(13)29)25(10-17(27)18-2-1-7-31-18)19(28)11-3-5-12(24)6-4-11/h1-7,13-16H,8-10H2/t13-,14-,15+,16+/m1/s1. The molecule has 0 spiro atoms. The summed E-state index contributed by atoms with van der Waals surface area (Å²) in [6.45, 7) is -0.408. The molecule has 6 nitrogen and oxygen atoms in total. The van der Waals surface area contributed by atoms with Gasteiger partial charge in [0.1, 0.15) is 6.54 Å². The minimum atomic E-state index is -0.604. The number of rotatable bonds is 5. The third kappa shape index (κ3) is 4.37. The molecule has 0 N–H and O–H groups in total. The minimum Gasteiger partial charge on any atom is -0.291 e. The van der Waals surface area contributed by atoms with Crippen molar-refractivity contribution in [2.24, 2.45) is 11.8 Å². The Morgan fingerprint density at radius 2 is 1.61 bits per heavy atom. The Morgan fingerprint density at radius 1 is 1.03 bits per heavy atom. The Labute approximate surface area is 204 Å². The van der Waals surface area contributed by atoms with Crippen molar-refractivity contribution in [3.8, 4) is 0 Å². The smallest absolute Gasteiger partial charge is 0.273 e. The second kappa shape index (κ2) is 9.13. The van der Waals surface area contributed by atoms with Gasteiger partial charge >= 0.3 is 0 Å². The Morgan fingerprint density at radius 3 is 2.13 bits per heavy atom. The number of hydrazine groups is 1. The van der Waals surface area contributed by atoms with E-state index in [0.717, 1.165) is 10.0 Å². The van der Waals surface area contributed by atoms with Gasteiger partial charge in [-0.3, -0.25) is 19.2 Å². The molecule has 0 bridgehead atoms. The highest BCUT2D eigenvalue weighted by Crippen LogP contribution is 2.43. The summed E-state index contributed by atoms with van der Waals surface area (Å²) < 4.78 is 0. The lowest BCUT2D eigenvalue weighted by Gasteiger charge is -2.30. The average Bonchev–Trinajstić information content (AvgIpc) is 3.36. The molecule has 2 fully saturated rings. The number of ketones is 1. The second-order valence-corrected chi connectivity index (χ2v) is 11.2. The van der Waals surface area contributed by atoms with Crippen molar-refractivity contribution in [1.29, 1.82) is 0 Å². The number of nitrogens with zero attached hydrogens (tertiary/aromatic N) is 2. The molecule has 2 aliphatic rings. The molecule has 162 valence electrons. The zero-order valence-corrected chi connectivity index (χ0v) is 20.8. The summed E-state index contributed by atoms with van der Waals surface area (Å²) >= 11 is 14.3. The molecule has 0 unspecified atom stereocenters. The molecule has 1 aliphatic heterocycles. The van der Waals surface area contributed by atoms with Crippen molar-refractivity contribution in [3.05, 3.63) is 57.2 Å². The first-order valence-corrected chi connectivity index (χ1v) is 12.7. The molecule has 4 atom stereocenters. The maximum Gasteiger partial charge on any atom is 0.273 e. The lowest BCUT2D eigenvalue weighted by atomic mass is 9.81. The van der Waals surface area contributed by atoms with Gasteiger partial charge in [-0.25, -0.2) is 5.01 Å². The first-order chi connectivity index (χ1) is 14.8. The van der Waals surface area contributed by atoms with Crippen LogP contribution in [-0.2, 0) is 9.59 Å². The van der Waals surface area contributed by atoms with E-state index in [0.29, 0.717) is 22.7 Å². The van der Waals surface area contributed by atoms with Crippen molar-refractivity contribution >= 4 is 78.3 Å². The summed E-state index contributed by atoms with van der Waals surface area (Å²) in [6, 6.07) is 9.49. The minimum absolute atomic E-state index is 0.0404. The van der Waals surface area contributed by atoms with Gasteiger partial charge in [0, 0.05) is 20.2 Å². The van der Waals surface area contributed by atoms with E-state index in [1.165, 1.54) is 23.5 Å². The predicted octanol–water partition coefficient (Wildman–Crippen LogP) is 4.56. The maximum absolute atomic E-state index is 13.3. The van der Waals surface area contributed by atoms with Crippen molar-refractivity contribution < 1.29 is 19.2 Å². The molecule has 10 heteroatoms. The normalized spacial score (nSPS) is 25.5. The number of hydrogen-bond donors (Lipinski definition) is 0. The van der Waals surface area contributed by atoms with Gasteiger partial charge in [-0.15, -0.1) is 11.3 Å². The Kier molecular flexibility index (Phi) is 6.67. The van der Waals surface area contributed by atoms with Gasteiger partial charge < -0.3 is 0 Å². The van der Waals surface area contributed by atoms with Gasteiger partial charge in [0.05, 0.1) is 16.7 Å². The largest absolute Gasteiger partial charge is 0.291 e. The van der Waals surface area contributed by atoms with Gasteiger partial charge in [0.15, 0.2) is 5.78 Å². The number of hydrogen-bond acceptors (Lipinski definition) is 5. The highest BCUT2D eigenvalue weighted by molar-refractivity contribution is 9.12. The molecular formula is C21H17Br2ClN2O4S. The van der Waals surface area contributed by atoms with Crippen LogP contribution in [0.15, 0.2) is 41.8 Å². The third-order valence-corrected chi connectivity index (χ3v) is 9.44. The van der Waals surface area contributed by atoms with Crippen LogP contribution in [0.3, 0.4) is 0 Å². The monoisotopic (exact) mass is 586 g/mol. The van der Waals surface area contributed by atoms with E-state index >= 15 is 0 Å². The zero-order valence-electron chi connectivity index (χ0n) is 16.0. The van der Waals surface area contributed by atoms with E-state index in [9.17, 15) is 19.2 Å². The average molecular weight is 589 g/mol. The van der Waals surface area contributed by atoms with E-state index in [4.69, 9.17) is 11.6 Å². The predicted molar refractivity (Wildman–Crippen MR) is 125 cm³/mol. The van der Waals surface area contributed by atoms with Gasteiger partial charge in [0.25, 0.3) is 17.7 Å². The third-order valence-electron chi connectivity index (χ3n) is 5.54. The van der Waals surface area contributed by atoms with Crippen LogP contribution in [-0.4, -0.2) is 49.7 Å². The topological polar surface area (TPSA) is 74.8 Å². The molecule has 0 radical (unpaired) electrons. The van der Waals surface area contributed by atoms with Crippen molar-refractivity contribution in [1.82, 2.24) is 10.0 Å². The van der Waals surface area contributed by atoms with Crippen molar-refractivity contribution in [2.45, 2.75) is 22.5 Å². The van der Waals surface area contributed by atoms with E-state index < -0.39 is 36.1 Å². The zero-order chi connectivity index (χ0) is 22.3. The number of thiophene rings is 1. The fourth-order valence-corrected chi connectivity index (χ4v) is 5.96. The molecule has 1 saturated carbocycles. The van der Waals surface area contributed by atoms with Crippen molar-refractivity contribution in [2.75, 3.05) is 6.54 Å². The van der Waals surface area contributed by atoms with Crippen LogP contribution in [0.5, 0.6) is 0 Å². The summed E-state index contributed by atoms with van der Waals surface area (Å²) in [7, 11) is 0. The highest BCUT2D eigenvalue weighted by Gasteiger charge is 2.54. The Balaban J connectivity index is 1.68. The van der Waals surface area contributed by atoms with Crippen molar-refractivity contribution in [3.63, 3.8) is 0 Å². The summed E-state index contributed by atoms with van der Waals surface area (Å²) in [5.41, 5.74) is 0.232. The van der Waals surface area contributed by atoms with Crippen LogP contribution in [0.1, 0.15) is 32.9 Å². The molecular weight excluding hydrogens is 572 g/mol. The fourth-order valence-electron chi connectivity index (χ4n) is 3.94. The van der Waals surface area contributed by atoms with Crippen LogP contribution >= 0.6 is 54.8 Å². The summed E-state index contributed by atoms with van der Waals surface area (Å²) in [5.74, 6) is -2.89. The number of amides is 3. The second-order valence-electron chi connectivity index (χ2n) is 7.47. The van der Waals surface area contributed by atoms with Gasteiger partial charge in [-0.2, -0.15) is 5.01 Å². The molecule has 2 aromatic rings. The van der Waals surface area contributed by atoms with E-state index in [1.807, 2.05) is 0 Å².